The average Bonchev–Trinajstić information content (AvgIpc) is 3.19. The van der Waals surface area contributed by atoms with Gasteiger partial charge in [0.2, 0.25) is 5.91 Å². The Balaban J connectivity index is 2.05. The number of rotatable bonds is 5. The van der Waals surface area contributed by atoms with Crippen LogP contribution in [0.15, 0.2) is 24.3 Å². The smallest absolute Gasteiger partial charge is 0.303 e. The molecule has 0 aliphatic heterocycles. The Kier molecular flexibility index (Phi) is 3.65. The van der Waals surface area contributed by atoms with Crippen LogP contribution in [-0.2, 0) is 16.0 Å². The van der Waals surface area contributed by atoms with Gasteiger partial charge in [-0.3, -0.25) is 9.59 Å². The fourth-order valence-corrected chi connectivity index (χ4v) is 1.90. The minimum absolute atomic E-state index is 0.115. The molecule has 1 aliphatic carbocycles. The molecule has 0 unspecified atom stereocenters. The number of nitrogens with zero attached hydrogens (tertiary/aromatic N) is 1. The number of amides is 1. The van der Waals surface area contributed by atoms with Crippen LogP contribution in [0.3, 0.4) is 0 Å². The van der Waals surface area contributed by atoms with E-state index in [-0.39, 0.29) is 18.2 Å². The van der Waals surface area contributed by atoms with E-state index in [2.05, 4.69) is 0 Å². The fraction of sp³-hybridized carbons (Fsp3) is 0.429. The summed E-state index contributed by atoms with van der Waals surface area (Å²) < 4.78 is 0. The molecule has 0 radical (unpaired) electrons. The van der Waals surface area contributed by atoms with Gasteiger partial charge in [-0.2, -0.15) is 0 Å². The summed E-state index contributed by atoms with van der Waals surface area (Å²) in [6.45, 7) is 0. The molecule has 18 heavy (non-hydrogen) atoms. The van der Waals surface area contributed by atoms with Crippen molar-refractivity contribution in [2.45, 2.75) is 25.7 Å². The van der Waals surface area contributed by atoms with E-state index in [4.69, 9.17) is 5.11 Å². The third-order valence-corrected chi connectivity index (χ3v) is 3.18. The molecule has 0 aromatic heterocycles. The topological polar surface area (TPSA) is 57.6 Å². The van der Waals surface area contributed by atoms with Crippen LogP contribution in [0.2, 0.25) is 0 Å². The third kappa shape index (κ3) is 3.09. The quantitative estimate of drug-likeness (QED) is 0.866. The molecule has 4 nitrogen and oxygen atoms in total. The van der Waals surface area contributed by atoms with Gasteiger partial charge in [-0.25, -0.2) is 0 Å². The molecule has 0 spiro atoms. The van der Waals surface area contributed by atoms with Gasteiger partial charge in [-0.15, -0.1) is 0 Å². The zero-order valence-corrected chi connectivity index (χ0v) is 10.4. The molecule has 1 aromatic carbocycles. The second kappa shape index (κ2) is 5.21. The van der Waals surface area contributed by atoms with E-state index in [1.165, 1.54) is 0 Å². The highest BCUT2D eigenvalue weighted by atomic mass is 16.4. The normalized spacial score (nSPS) is 14.3. The number of carboxylic acids is 1. The number of aliphatic carboxylic acids is 1. The van der Waals surface area contributed by atoms with Crippen LogP contribution < -0.4 is 4.90 Å². The van der Waals surface area contributed by atoms with Crippen molar-refractivity contribution in [3.63, 3.8) is 0 Å². The maximum atomic E-state index is 11.9. The summed E-state index contributed by atoms with van der Waals surface area (Å²) in [5, 5.41) is 8.66. The van der Waals surface area contributed by atoms with Crippen LogP contribution in [0.4, 0.5) is 5.69 Å². The number of carbonyl (C=O) groups is 2. The summed E-state index contributed by atoms with van der Waals surface area (Å²) in [4.78, 5) is 24.1. The van der Waals surface area contributed by atoms with Crippen molar-refractivity contribution in [2.75, 3.05) is 11.9 Å². The Morgan fingerprint density at radius 2 is 2.11 bits per heavy atom. The van der Waals surface area contributed by atoms with Crippen molar-refractivity contribution >= 4 is 17.6 Å². The lowest BCUT2D eigenvalue weighted by Crippen LogP contribution is -2.27. The molecule has 1 amide bonds. The Morgan fingerprint density at radius 3 is 2.72 bits per heavy atom. The van der Waals surface area contributed by atoms with Crippen LogP contribution in [0.5, 0.6) is 0 Å². The lowest BCUT2D eigenvalue weighted by molar-refractivity contribution is -0.137. The zero-order valence-electron chi connectivity index (χ0n) is 10.4. The van der Waals surface area contributed by atoms with Gasteiger partial charge >= 0.3 is 5.97 Å². The maximum Gasteiger partial charge on any atom is 0.303 e. The highest BCUT2D eigenvalue weighted by Crippen LogP contribution is 2.32. The van der Waals surface area contributed by atoms with Crippen LogP contribution in [0.1, 0.15) is 24.8 Å². The Bertz CT molecular complexity index is 466. The van der Waals surface area contributed by atoms with Crippen LogP contribution >= 0.6 is 0 Å². The molecule has 1 N–H and O–H groups in total. The number of carbonyl (C=O) groups excluding carboxylic acids is 1. The summed E-state index contributed by atoms with van der Waals surface area (Å²) >= 11 is 0. The highest BCUT2D eigenvalue weighted by molar-refractivity contribution is 5.95. The van der Waals surface area contributed by atoms with Crippen molar-refractivity contribution < 1.29 is 14.7 Å². The molecular formula is C14H17NO3. The molecule has 4 heteroatoms. The predicted molar refractivity (Wildman–Crippen MR) is 68.5 cm³/mol. The number of benzene rings is 1. The van der Waals surface area contributed by atoms with Gasteiger partial charge in [0, 0.05) is 25.1 Å². The van der Waals surface area contributed by atoms with Gasteiger partial charge in [0.05, 0.1) is 0 Å². The first-order valence-electron chi connectivity index (χ1n) is 6.16. The molecule has 0 bridgehead atoms. The van der Waals surface area contributed by atoms with Crippen LogP contribution in [-0.4, -0.2) is 24.0 Å². The molecule has 1 aromatic rings. The highest BCUT2D eigenvalue weighted by Gasteiger charge is 2.32. The summed E-state index contributed by atoms with van der Waals surface area (Å²) in [6, 6.07) is 7.53. The lowest BCUT2D eigenvalue weighted by Gasteiger charge is -2.17. The molecule has 96 valence electrons. The molecular weight excluding hydrogens is 230 g/mol. The predicted octanol–water partition coefficient (Wildman–Crippen LogP) is 2.08. The van der Waals surface area contributed by atoms with E-state index in [9.17, 15) is 9.59 Å². The van der Waals surface area contributed by atoms with Crippen molar-refractivity contribution in [3.8, 4) is 0 Å². The molecule has 0 saturated heterocycles. The number of hydrogen-bond acceptors (Lipinski definition) is 2. The van der Waals surface area contributed by atoms with E-state index >= 15 is 0 Å². The average molecular weight is 247 g/mol. The van der Waals surface area contributed by atoms with Crippen LogP contribution in [0, 0.1) is 5.92 Å². The first kappa shape index (κ1) is 12.6. The third-order valence-electron chi connectivity index (χ3n) is 3.18. The van der Waals surface area contributed by atoms with Gasteiger partial charge in [-0.1, -0.05) is 12.1 Å². The summed E-state index contributed by atoms with van der Waals surface area (Å²) in [5.74, 6) is -0.453. The summed E-state index contributed by atoms with van der Waals surface area (Å²) in [6.07, 6.45) is 2.59. The van der Waals surface area contributed by atoms with Gasteiger partial charge in [0.15, 0.2) is 0 Å². The summed E-state index contributed by atoms with van der Waals surface area (Å²) in [7, 11) is 1.77. The number of aryl methyl sites for hydroxylation is 1. The fourth-order valence-electron chi connectivity index (χ4n) is 1.90. The maximum absolute atomic E-state index is 11.9. The standard InChI is InChI=1S/C14H17NO3/c1-15(14(18)11-6-7-11)12-4-2-3-10(9-12)5-8-13(16)17/h2-4,9,11H,5-8H2,1H3,(H,16,17). The number of anilines is 1. The lowest BCUT2D eigenvalue weighted by atomic mass is 10.1. The van der Waals surface area contributed by atoms with Crippen molar-refractivity contribution in [2.24, 2.45) is 5.92 Å². The van der Waals surface area contributed by atoms with Crippen molar-refractivity contribution in [1.82, 2.24) is 0 Å². The zero-order chi connectivity index (χ0) is 13.1. The Labute approximate surface area is 106 Å². The van der Waals surface area contributed by atoms with Gasteiger partial charge in [-0.05, 0) is 37.0 Å². The molecule has 0 atom stereocenters. The first-order valence-corrected chi connectivity index (χ1v) is 6.16. The molecule has 1 saturated carbocycles. The van der Waals surface area contributed by atoms with E-state index in [0.29, 0.717) is 6.42 Å². The van der Waals surface area contributed by atoms with E-state index in [0.717, 1.165) is 24.1 Å². The SMILES string of the molecule is CN(C(=O)C1CC1)c1cccc(CCC(=O)O)c1. The Hall–Kier alpha value is -1.84. The molecule has 2 rings (SSSR count). The first-order chi connectivity index (χ1) is 8.58. The minimum atomic E-state index is -0.803. The van der Waals surface area contributed by atoms with E-state index in [1.807, 2.05) is 24.3 Å². The molecule has 1 fully saturated rings. The number of hydrogen-bond donors (Lipinski definition) is 1. The molecule has 1 aliphatic rings. The second-order valence-electron chi connectivity index (χ2n) is 4.74. The van der Waals surface area contributed by atoms with Gasteiger partial charge < -0.3 is 10.0 Å². The monoisotopic (exact) mass is 247 g/mol. The largest absolute Gasteiger partial charge is 0.481 e. The van der Waals surface area contributed by atoms with Crippen molar-refractivity contribution in [3.05, 3.63) is 29.8 Å². The Morgan fingerprint density at radius 1 is 1.39 bits per heavy atom. The second-order valence-corrected chi connectivity index (χ2v) is 4.74. The van der Waals surface area contributed by atoms with Crippen LogP contribution in [0.25, 0.3) is 0 Å². The van der Waals surface area contributed by atoms with Gasteiger partial charge in [0.1, 0.15) is 0 Å². The van der Waals surface area contributed by atoms with E-state index in [1.54, 1.807) is 11.9 Å². The molecule has 0 heterocycles. The minimum Gasteiger partial charge on any atom is -0.481 e. The van der Waals surface area contributed by atoms with Gasteiger partial charge in [0.25, 0.3) is 0 Å². The van der Waals surface area contributed by atoms with Crippen molar-refractivity contribution in [1.29, 1.82) is 0 Å². The van der Waals surface area contributed by atoms with E-state index < -0.39 is 5.97 Å². The summed E-state index contributed by atoms with van der Waals surface area (Å²) in [5.41, 5.74) is 1.79. The number of carboxylic acid groups (broad SMARTS) is 1.